The topological polar surface area (TPSA) is 51.2 Å². The van der Waals surface area contributed by atoms with Crippen molar-refractivity contribution in [2.75, 3.05) is 7.11 Å². The number of ether oxygens (including phenoxy) is 1. The van der Waals surface area contributed by atoms with Crippen molar-refractivity contribution in [3.63, 3.8) is 0 Å². The maximum absolute atomic E-state index is 12.8. The van der Waals surface area contributed by atoms with Crippen molar-refractivity contribution in [3.05, 3.63) is 41.4 Å². The van der Waals surface area contributed by atoms with Crippen molar-refractivity contribution in [1.29, 1.82) is 0 Å². The molecule has 20 heavy (non-hydrogen) atoms. The van der Waals surface area contributed by atoms with Crippen molar-refractivity contribution < 1.29 is 18.3 Å². The Morgan fingerprint density at radius 1 is 1.55 bits per heavy atom. The molecule has 2 rings (SSSR count). The number of allylic oxidation sites excluding steroid dienone is 2. The van der Waals surface area contributed by atoms with Crippen LogP contribution in [0, 0.1) is 0 Å². The molecule has 0 amide bonds. The van der Waals surface area contributed by atoms with E-state index in [9.17, 15) is 13.6 Å². The highest BCUT2D eigenvalue weighted by molar-refractivity contribution is 6.25. The molecule has 0 saturated heterocycles. The maximum Gasteiger partial charge on any atom is 0.280 e. The first-order chi connectivity index (χ1) is 9.58. The number of alkyl halides is 3. The van der Waals surface area contributed by atoms with Gasteiger partial charge in [0.1, 0.15) is 23.2 Å². The minimum Gasteiger partial charge on any atom is -0.494 e. The largest absolute Gasteiger partial charge is 0.494 e. The molecule has 2 heterocycles. The molecule has 1 aliphatic heterocycles. The molecule has 0 radical (unpaired) electrons. The van der Waals surface area contributed by atoms with E-state index in [2.05, 4.69) is 10.3 Å². The molecule has 0 spiro atoms. The number of carbonyl (C=O) groups is 1. The van der Waals surface area contributed by atoms with Crippen LogP contribution in [0.2, 0.25) is 0 Å². The van der Waals surface area contributed by atoms with E-state index in [-0.39, 0.29) is 5.57 Å². The molecule has 0 fully saturated rings. The lowest BCUT2D eigenvalue weighted by Gasteiger charge is -2.20. The van der Waals surface area contributed by atoms with Crippen molar-refractivity contribution in [2.45, 2.75) is 11.9 Å². The van der Waals surface area contributed by atoms with Gasteiger partial charge in [-0.3, -0.25) is 9.78 Å². The molecule has 0 saturated carbocycles. The molecule has 1 aliphatic rings. The van der Waals surface area contributed by atoms with E-state index in [4.69, 9.17) is 16.3 Å². The third kappa shape index (κ3) is 2.65. The predicted molar refractivity (Wildman–Crippen MR) is 70.6 cm³/mol. The van der Waals surface area contributed by atoms with Crippen molar-refractivity contribution in [3.8, 4) is 5.75 Å². The first-order valence-corrected chi connectivity index (χ1v) is 6.10. The summed E-state index contributed by atoms with van der Waals surface area (Å²) >= 11 is 5.97. The fourth-order valence-electron chi connectivity index (χ4n) is 1.86. The van der Waals surface area contributed by atoms with Crippen molar-refractivity contribution in [1.82, 2.24) is 10.3 Å². The summed E-state index contributed by atoms with van der Waals surface area (Å²) in [6.07, 6.45) is 2.20. The standard InChI is InChI=1S/C13H11ClF2N2O2/c1-20-11-5-18-10(13(15)16)4-8(11)7-2-3-17-12(14)9(7)6-19/h2-6,12-13,17H,1H3. The van der Waals surface area contributed by atoms with Crippen LogP contribution in [0.5, 0.6) is 5.75 Å². The minimum atomic E-state index is -2.71. The fraction of sp³-hybridized carbons (Fsp3) is 0.231. The summed E-state index contributed by atoms with van der Waals surface area (Å²) < 4.78 is 30.6. The van der Waals surface area contributed by atoms with Crippen LogP contribution in [0.25, 0.3) is 5.57 Å². The van der Waals surface area contributed by atoms with Gasteiger partial charge in [0.25, 0.3) is 6.43 Å². The molecule has 0 aliphatic carbocycles. The number of nitrogens with zero attached hydrogens (tertiary/aromatic N) is 1. The van der Waals surface area contributed by atoms with Crippen molar-refractivity contribution in [2.24, 2.45) is 0 Å². The first kappa shape index (κ1) is 14.5. The molecule has 1 aromatic heterocycles. The van der Waals surface area contributed by atoms with Gasteiger partial charge in [0.15, 0.2) is 0 Å². The van der Waals surface area contributed by atoms with Gasteiger partial charge in [0, 0.05) is 11.1 Å². The molecule has 1 unspecified atom stereocenters. The van der Waals surface area contributed by atoms with E-state index in [1.165, 1.54) is 19.4 Å². The zero-order chi connectivity index (χ0) is 14.7. The van der Waals surface area contributed by atoms with Crippen LogP contribution >= 0.6 is 11.6 Å². The molecule has 7 heteroatoms. The number of hydrogen-bond donors (Lipinski definition) is 1. The number of aldehydes is 1. The Hall–Kier alpha value is -1.95. The summed E-state index contributed by atoms with van der Waals surface area (Å²) in [6, 6.07) is 1.20. The van der Waals surface area contributed by atoms with Crippen LogP contribution in [-0.4, -0.2) is 23.9 Å². The molecule has 0 bridgehead atoms. The quantitative estimate of drug-likeness (QED) is 0.528. The Kier molecular flexibility index (Phi) is 4.34. The Bertz CT molecular complexity index is 588. The van der Waals surface area contributed by atoms with Gasteiger partial charge < -0.3 is 10.1 Å². The summed E-state index contributed by atoms with van der Waals surface area (Å²) in [5.74, 6) is 0.291. The van der Waals surface area contributed by atoms with Crippen LogP contribution in [0.15, 0.2) is 30.1 Å². The van der Waals surface area contributed by atoms with Gasteiger partial charge >= 0.3 is 0 Å². The molecule has 1 N–H and O–H groups in total. The maximum atomic E-state index is 12.8. The Morgan fingerprint density at radius 3 is 2.90 bits per heavy atom. The van der Waals surface area contributed by atoms with Gasteiger partial charge in [0.05, 0.1) is 13.3 Å². The molecule has 106 valence electrons. The zero-order valence-electron chi connectivity index (χ0n) is 10.4. The molecule has 1 aromatic rings. The molecule has 4 nitrogen and oxygen atoms in total. The highest BCUT2D eigenvalue weighted by Gasteiger charge is 2.22. The van der Waals surface area contributed by atoms with Crippen LogP contribution in [0.4, 0.5) is 8.78 Å². The zero-order valence-corrected chi connectivity index (χ0v) is 11.2. The number of rotatable bonds is 4. The highest BCUT2D eigenvalue weighted by atomic mass is 35.5. The average molecular weight is 301 g/mol. The van der Waals surface area contributed by atoms with Gasteiger partial charge in [-0.15, -0.1) is 0 Å². The van der Waals surface area contributed by atoms with Crippen LogP contribution in [0.3, 0.4) is 0 Å². The third-order valence-electron chi connectivity index (χ3n) is 2.83. The van der Waals surface area contributed by atoms with E-state index in [0.717, 1.165) is 0 Å². The summed E-state index contributed by atoms with van der Waals surface area (Å²) in [6.45, 7) is 0. The molecular formula is C13H11ClF2N2O2. The number of nitrogens with one attached hydrogen (secondary N) is 1. The fourth-order valence-corrected chi connectivity index (χ4v) is 2.10. The molecule has 1 atom stereocenters. The lowest BCUT2D eigenvalue weighted by Crippen LogP contribution is -2.25. The number of halogens is 3. The predicted octanol–water partition coefficient (Wildman–Crippen LogP) is 2.66. The number of pyridine rings is 1. The molecular weight excluding hydrogens is 290 g/mol. The van der Waals surface area contributed by atoms with Gasteiger partial charge in [-0.2, -0.15) is 0 Å². The summed E-state index contributed by atoms with van der Waals surface area (Å²) in [4.78, 5) is 14.8. The van der Waals surface area contributed by atoms with Gasteiger partial charge in [0.2, 0.25) is 0 Å². The third-order valence-corrected chi connectivity index (χ3v) is 3.19. The van der Waals surface area contributed by atoms with Crippen LogP contribution in [0.1, 0.15) is 17.7 Å². The van der Waals surface area contributed by atoms with E-state index >= 15 is 0 Å². The second kappa shape index (κ2) is 6.00. The highest BCUT2D eigenvalue weighted by Crippen LogP contribution is 2.33. The minimum absolute atomic E-state index is 0.249. The Labute approximate surface area is 119 Å². The average Bonchev–Trinajstić information content (AvgIpc) is 2.46. The number of dihydropyridines is 1. The number of hydrogen-bond acceptors (Lipinski definition) is 4. The normalized spacial score (nSPS) is 18.1. The summed E-state index contributed by atoms with van der Waals surface area (Å²) in [7, 11) is 1.40. The van der Waals surface area contributed by atoms with Gasteiger partial charge in [-0.05, 0) is 23.9 Å². The number of carbonyl (C=O) groups excluding carboxylic acids is 1. The van der Waals surface area contributed by atoms with Crippen LogP contribution < -0.4 is 10.1 Å². The monoisotopic (exact) mass is 300 g/mol. The SMILES string of the molecule is COc1cnc(C(F)F)cc1C1=C(C=O)C(Cl)NC=C1. The number of aromatic nitrogens is 1. The van der Waals surface area contributed by atoms with Gasteiger partial charge in [-0.25, -0.2) is 8.78 Å². The lowest BCUT2D eigenvalue weighted by atomic mass is 9.97. The summed E-state index contributed by atoms with van der Waals surface area (Å²) in [5, 5.41) is 2.75. The molecule has 0 aromatic carbocycles. The number of methoxy groups -OCH3 is 1. The second-order valence-corrected chi connectivity index (χ2v) is 4.40. The van der Waals surface area contributed by atoms with E-state index in [0.29, 0.717) is 23.2 Å². The Morgan fingerprint density at radius 2 is 2.30 bits per heavy atom. The van der Waals surface area contributed by atoms with Crippen molar-refractivity contribution >= 4 is 23.5 Å². The van der Waals surface area contributed by atoms with E-state index < -0.39 is 17.6 Å². The second-order valence-electron chi connectivity index (χ2n) is 3.96. The van der Waals surface area contributed by atoms with Gasteiger partial charge in [-0.1, -0.05) is 11.6 Å². The Balaban J connectivity index is 2.63. The van der Waals surface area contributed by atoms with Crippen LogP contribution in [-0.2, 0) is 4.79 Å². The first-order valence-electron chi connectivity index (χ1n) is 5.67. The van der Waals surface area contributed by atoms with E-state index in [1.54, 1.807) is 12.3 Å². The summed E-state index contributed by atoms with van der Waals surface area (Å²) in [5.41, 5.74) is -0.0842. The lowest BCUT2D eigenvalue weighted by molar-refractivity contribution is -0.105. The smallest absolute Gasteiger partial charge is 0.280 e. The van der Waals surface area contributed by atoms with E-state index in [1.807, 2.05) is 0 Å².